The number of nitrogens with zero attached hydrogens (tertiary/aromatic N) is 5. The van der Waals surface area contributed by atoms with Gasteiger partial charge in [0.1, 0.15) is 5.75 Å². The Bertz CT molecular complexity index is 1100. The molecule has 0 bridgehead atoms. The van der Waals surface area contributed by atoms with E-state index in [1.165, 1.54) is 17.3 Å². The second-order valence-corrected chi connectivity index (χ2v) is 7.97. The summed E-state index contributed by atoms with van der Waals surface area (Å²) < 4.78 is 13.1. The van der Waals surface area contributed by atoms with Gasteiger partial charge in [0.05, 0.1) is 12.4 Å². The molecule has 0 aliphatic heterocycles. The van der Waals surface area contributed by atoms with E-state index in [1.54, 1.807) is 7.11 Å². The molecule has 2 heterocycles. The SMILES string of the molecule is COc1ccc(-c2nnc(SC(C)c3nnc(-c4ccc(C)cc4)o3)n2C)cc1. The van der Waals surface area contributed by atoms with E-state index in [4.69, 9.17) is 9.15 Å². The van der Waals surface area contributed by atoms with Crippen molar-refractivity contribution in [1.29, 1.82) is 0 Å². The van der Waals surface area contributed by atoms with Crippen molar-refractivity contribution in [3.63, 3.8) is 0 Å². The van der Waals surface area contributed by atoms with Crippen molar-refractivity contribution in [3.05, 3.63) is 60.0 Å². The summed E-state index contributed by atoms with van der Waals surface area (Å²) in [5.74, 6) is 2.66. The smallest absolute Gasteiger partial charge is 0.247 e. The third-order valence-corrected chi connectivity index (χ3v) is 5.67. The molecule has 2 aromatic carbocycles. The van der Waals surface area contributed by atoms with Gasteiger partial charge in [-0.3, -0.25) is 0 Å². The predicted molar refractivity (Wildman–Crippen MR) is 112 cm³/mol. The quantitative estimate of drug-likeness (QED) is 0.429. The fourth-order valence-corrected chi connectivity index (χ4v) is 3.67. The molecule has 0 saturated heterocycles. The highest BCUT2D eigenvalue weighted by atomic mass is 32.2. The summed E-state index contributed by atoms with van der Waals surface area (Å²) in [6.45, 7) is 4.06. The van der Waals surface area contributed by atoms with Gasteiger partial charge in [0.2, 0.25) is 11.8 Å². The van der Waals surface area contributed by atoms with E-state index in [1.807, 2.05) is 74.0 Å². The summed E-state index contributed by atoms with van der Waals surface area (Å²) in [6, 6.07) is 15.8. The molecule has 0 N–H and O–H groups in total. The molecule has 4 aromatic rings. The van der Waals surface area contributed by atoms with E-state index < -0.39 is 0 Å². The van der Waals surface area contributed by atoms with Gasteiger partial charge in [0.15, 0.2) is 11.0 Å². The molecule has 0 radical (unpaired) electrons. The first-order valence-electron chi connectivity index (χ1n) is 9.16. The Kier molecular flexibility index (Phi) is 5.35. The van der Waals surface area contributed by atoms with Crippen LogP contribution in [-0.4, -0.2) is 32.1 Å². The molecule has 1 atom stereocenters. The van der Waals surface area contributed by atoms with E-state index in [9.17, 15) is 0 Å². The summed E-state index contributed by atoms with van der Waals surface area (Å²) in [4.78, 5) is 0. The molecular formula is C21H21N5O2S. The first-order valence-corrected chi connectivity index (χ1v) is 10.0. The highest BCUT2D eigenvalue weighted by Crippen LogP contribution is 2.35. The molecule has 148 valence electrons. The van der Waals surface area contributed by atoms with Crippen LogP contribution in [0.5, 0.6) is 5.75 Å². The van der Waals surface area contributed by atoms with Gasteiger partial charge in [-0.05, 0) is 50.2 Å². The number of methoxy groups -OCH3 is 1. The summed E-state index contributed by atoms with van der Waals surface area (Å²) in [5, 5.41) is 17.8. The fourth-order valence-electron chi connectivity index (χ4n) is 2.83. The Balaban J connectivity index is 1.51. The zero-order valence-corrected chi connectivity index (χ0v) is 17.5. The van der Waals surface area contributed by atoms with Crippen LogP contribution in [-0.2, 0) is 7.05 Å². The minimum atomic E-state index is -0.0617. The average Bonchev–Trinajstić information content (AvgIpc) is 3.37. The van der Waals surface area contributed by atoms with Gasteiger partial charge in [-0.15, -0.1) is 20.4 Å². The zero-order chi connectivity index (χ0) is 20.4. The van der Waals surface area contributed by atoms with Crippen LogP contribution in [0.1, 0.15) is 23.6 Å². The third-order valence-electron chi connectivity index (χ3n) is 4.55. The van der Waals surface area contributed by atoms with Gasteiger partial charge in [0.25, 0.3) is 0 Å². The normalized spacial score (nSPS) is 12.1. The van der Waals surface area contributed by atoms with E-state index in [0.29, 0.717) is 11.8 Å². The van der Waals surface area contributed by atoms with E-state index in [0.717, 1.165) is 27.9 Å². The highest BCUT2D eigenvalue weighted by Gasteiger charge is 2.20. The molecule has 2 aromatic heterocycles. The largest absolute Gasteiger partial charge is 0.497 e. The molecule has 4 rings (SSSR count). The molecule has 0 spiro atoms. The van der Waals surface area contributed by atoms with Gasteiger partial charge >= 0.3 is 0 Å². The number of hydrogen-bond donors (Lipinski definition) is 0. The Morgan fingerprint density at radius 1 is 0.931 bits per heavy atom. The van der Waals surface area contributed by atoms with Crippen LogP contribution in [0.4, 0.5) is 0 Å². The van der Waals surface area contributed by atoms with Crippen molar-refractivity contribution in [1.82, 2.24) is 25.0 Å². The van der Waals surface area contributed by atoms with Gasteiger partial charge in [-0.25, -0.2) is 0 Å². The second-order valence-electron chi connectivity index (χ2n) is 6.67. The lowest BCUT2D eigenvalue weighted by Crippen LogP contribution is -1.97. The Labute approximate surface area is 173 Å². The Hall–Kier alpha value is -3.13. The number of thioether (sulfide) groups is 1. The number of benzene rings is 2. The third kappa shape index (κ3) is 4.02. The van der Waals surface area contributed by atoms with Gasteiger partial charge in [-0.2, -0.15) is 0 Å². The van der Waals surface area contributed by atoms with Crippen LogP contribution in [0.25, 0.3) is 22.8 Å². The molecule has 1 unspecified atom stereocenters. The molecule has 0 aliphatic carbocycles. The maximum absolute atomic E-state index is 5.89. The molecule has 7 nitrogen and oxygen atoms in total. The van der Waals surface area contributed by atoms with Crippen molar-refractivity contribution in [2.75, 3.05) is 7.11 Å². The van der Waals surface area contributed by atoms with Crippen LogP contribution in [0.2, 0.25) is 0 Å². The van der Waals surface area contributed by atoms with Crippen molar-refractivity contribution in [3.8, 4) is 28.6 Å². The lowest BCUT2D eigenvalue weighted by atomic mass is 10.1. The van der Waals surface area contributed by atoms with Crippen LogP contribution in [0, 0.1) is 6.92 Å². The molecule has 29 heavy (non-hydrogen) atoms. The molecular weight excluding hydrogens is 386 g/mol. The fraction of sp³-hybridized carbons (Fsp3) is 0.238. The maximum Gasteiger partial charge on any atom is 0.247 e. The van der Waals surface area contributed by atoms with Crippen molar-refractivity contribution < 1.29 is 9.15 Å². The van der Waals surface area contributed by atoms with Crippen LogP contribution >= 0.6 is 11.8 Å². The molecule has 8 heteroatoms. The monoisotopic (exact) mass is 407 g/mol. The summed E-state index contributed by atoms with van der Waals surface area (Å²) in [6.07, 6.45) is 0. The maximum atomic E-state index is 5.89. The summed E-state index contributed by atoms with van der Waals surface area (Å²) >= 11 is 1.53. The van der Waals surface area contributed by atoms with Crippen molar-refractivity contribution in [2.24, 2.45) is 7.05 Å². The standard InChI is InChI=1S/C21H21N5O2S/c1-13-5-7-16(8-6-13)20-24-23-19(28-20)14(2)29-21-25-22-18(26(21)3)15-9-11-17(27-4)12-10-15/h5-12,14H,1-4H3. The van der Waals surface area contributed by atoms with Gasteiger partial charge in [-0.1, -0.05) is 29.5 Å². The van der Waals surface area contributed by atoms with E-state index >= 15 is 0 Å². The second kappa shape index (κ2) is 8.08. The highest BCUT2D eigenvalue weighted by molar-refractivity contribution is 7.99. The van der Waals surface area contributed by atoms with Crippen LogP contribution in [0.15, 0.2) is 58.1 Å². The Morgan fingerprint density at radius 2 is 1.62 bits per heavy atom. The van der Waals surface area contributed by atoms with Crippen molar-refractivity contribution in [2.45, 2.75) is 24.3 Å². The van der Waals surface area contributed by atoms with Crippen LogP contribution < -0.4 is 4.74 Å². The lowest BCUT2D eigenvalue weighted by molar-refractivity contribution is 0.415. The van der Waals surface area contributed by atoms with Crippen molar-refractivity contribution >= 4 is 11.8 Å². The Morgan fingerprint density at radius 3 is 2.31 bits per heavy atom. The molecule has 0 fully saturated rings. The first kappa shape index (κ1) is 19.2. The predicted octanol–water partition coefficient (Wildman–Crippen LogP) is 4.70. The average molecular weight is 407 g/mol. The first-order chi connectivity index (χ1) is 14.0. The lowest BCUT2D eigenvalue weighted by Gasteiger charge is -2.07. The number of aryl methyl sites for hydroxylation is 1. The van der Waals surface area contributed by atoms with Gasteiger partial charge < -0.3 is 13.7 Å². The summed E-state index contributed by atoms with van der Waals surface area (Å²) in [7, 11) is 3.59. The van der Waals surface area contributed by atoms with E-state index in [2.05, 4.69) is 20.4 Å². The van der Waals surface area contributed by atoms with Crippen LogP contribution in [0.3, 0.4) is 0 Å². The number of hydrogen-bond acceptors (Lipinski definition) is 7. The number of rotatable bonds is 6. The molecule has 0 saturated carbocycles. The van der Waals surface area contributed by atoms with E-state index in [-0.39, 0.29) is 5.25 Å². The molecule has 0 amide bonds. The minimum absolute atomic E-state index is 0.0617. The topological polar surface area (TPSA) is 78.9 Å². The number of ether oxygens (including phenoxy) is 1. The molecule has 0 aliphatic rings. The summed E-state index contributed by atoms with van der Waals surface area (Å²) in [5.41, 5.74) is 3.07. The van der Waals surface area contributed by atoms with Gasteiger partial charge in [0, 0.05) is 18.2 Å². The number of aromatic nitrogens is 5. The minimum Gasteiger partial charge on any atom is -0.497 e. The zero-order valence-electron chi connectivity index (χ0n) is 16.7.